The molecular weight excluding hydrogens is 232 g/mol. The SMILES string of the molecule is Cc1cnc(N)nc1-c1ccc2scnc2c1. The van der Waals surface area contributed by atoms with Crippen LogP contribution >= 0.6 is 11.3 Å². The van der Waals surface area contributed by atoms with Gasteiger partial charge in [-0.15, -0.1) is 11.3 Å². The van der Waals surface area contributed by atoms with Crippen LogP contribution in [-0.2, 0) is 0 Å². The van der Waals surface area contributed by atoms with Crippen LogP contribution in [0.1, 0.15) is 5.56 Å². The molecule has 0 aliphatic rings. The standard InChI is InChI=1S/C12H10N4S/c1-7-5-14-12(13)16-11(7)8-2-3-10-9(4-8)15-6-17-10/h2-6H,1H3,(H2,13,14,16). The first kappa shape index (κ1) is 10.2. The minimum atomic E-state index is 0.295. The van der Waals surface area contributed by atoms with Gasteiger partial charge in [0.1, 0.15) is 0 Å². The lowest BCUT2D eigenvalue weighted by molar-refractivity contribution is 1.15. The molecule has 0 fully saturated rings. The molecule has 4 nitrogen and oxygen atoms in total. The second-order valence-corrected chi connectivity index (χ2v) is 4.68. The minimum Gasteiger partial charge on any atom is -0.368 e. The molecule has 0 atom stereocenters. The van der Waals surface area contributed by atoms with Crippen molar-refractivity contribution in [1.82, 2.24) is 15.0 Å². The van der Waals surface area contributed by atoms with Crippen LogP contribution in [0.4, 0.5) is 5.95 Å². The molecule has 3 aromatic rings. The number of nitrogens with two attached hydrogens (primary N) is 1. The topological polar surface area (TPSA) is 64.7 Å². The molecule has 5 heteroatoms. The number of benzene rings is 1. The third kappa shape index (κ3) is 1.74. The largest absolute Gasteiger partial charge is 0.368 e. The van der Waals surface area contributed by atoms with Crippen LogP contribution in [0.15, 0.2) is 29.9 Å². The van der Waals surface area contributed by atoms with Gasteiger partial charge in [-0.25, -0.2) is 15.0 Å². The summed E-state index contributed by atoms with van der Waals surface area (Å²) < 4.78 is 1.17. The average molecular weight is 242 g/mol. The van der Waals surface area contributed by atoms with Gasteiger partial charge in [0, 0.05) is 11.8 Å². The van der Waals surface area contributed by atoms with Crippen molar-refractivity contribution in [3.8, 4) is 11.3 Å². The fourth-order valence-corrected chi connectivity index (χ4v) is 2.41. The number of fused-ring (bicyclic) bond motifs is 1. The molecule has 0 radical (unpaired) electrons. The number of aryl methyl sites for hydroxylation is 1. The molecule has 0 saturated heterocycles. The van der Waals surface area contributed by atoms with Crippen LogP contribution in [0.3, 0.4) is 0 Å². The predicted molar refractivity (Wildman–Crippen MR) is 69.8 cm³/mol. The van der Waals surface area contributed by atoms with Crippen molar-refractivity contribution in [3.63, 3.8) is 0 Å². The Morgan fingerprint density at radius 1 is 1.24 bits per heavy atom. The first-order chi connectivity index (χ1) is 8.24. The molecule has 0 aliphatic carbocycles. The van der Waals surface area contributed by atoms with Gasteiger partial charge in [0.2, 0.25) is 5.95 Å². The quantitative estimate of drug-likeness (QED) is 0.712. The van der Waals surface area contributed by atoms with E-state index in [-0.39, 0.29) is 0 Å². The number of rotatable bonds is 1. The van der Waals surface area contributed by atoms with Crippen molar-refractivity contribution >= 4 is 27.5 Å². The Morgan fingerprint density at radius 2 is 2.12 bits per heavy atom. The molecule has 3 rings (SSSR count). The zero-order valence-corrected chi connectivity index (χ0v) is 10.0. The molecule has 2 aromatic heterocycles. The van der Waals surface area contributed by atoms with Gasteiger partial charge in [-0.3, -0.25) is 0 Å². The predicted octanol–water partition coefficient (Wildman–Crippen LogP) is 2.64. The van der Waals surface area contributed by atoms with Gasteiger partial charge in [-0.1, -0.05) is 6.07 Å². The molecule has 0 saturated carbocycles. The summed E-state index contributed by atoms with van der Waals surface area (Å²) in [6.07, 6.45) is 1.74. The van der Waals surface area contributed by atoms with E-state index in [0.29, 0.717) is 5.95 Å². The lowest BCUT2D eigenvalue weighted by Gasteiger charge is -2.05. The molecule has 0 aliphatic heterocycles. The smallest absolute Gasteiger partial charge is 0.220 e. The molecule has 1 aromatic carbocycles. The Hall–Kier alpha value is -2.01. The number of aromatic nitrogens is 3. The lowest BCUT2D eigenvalue weighted by atomic mass is 10.1. The van der Waals surface area contributed by atoms with Gasteiger partial charge in [0.05, 0.1) is 21.4 Å². The second kappa shape index (κ2) is 3.78. The normalized spacial score (nSPS) is 10.9. The molecule has 17 heavy (non-hydrogen) atoms. The van der Waals surface area contributed by atoms with Crippen molar-refractivity contribution in [2.75, 3.05) is 5.73 Å². The number of nitrogens with zero attached hydrogens (tertiary/aromatic N) is 3. The van der Waals surface area contributed by atoms with E-state index in [9.17, 15) is 0 Å². The summed E-state index contributed by atoms with van der Waals surface area (Å²) in [4.78, 5) is 12.5. The van der Waals surface area contributed by atoms with E-state index < -0.39 is 0 Å². The Bertz CT molecular complexity index is 690. The molecule has 0 spiro atoms. The van der Waals surface area contributed by atoms with Crippen molar-refractivity contribution in [1.29, 1.82) is 0 Å². The highest BCUT2D eigenvalue weighted by molar-refractivity contribution is 7.16. The summed E-state index contributed by atoms with van der Waals surface area (Å²) in [5.74, 6) is 0.295. The number of anilines is 1. The Morgan fingerprint density at radius 3 is 3.00 bits per heavy atom. The number of hydrogen-bond donors (Lipinski definition) is 1. The molecular formula is C12H10N4S. The monoisotopic (exact) mass is 242 g/mol. The van der Waals surface area contributed by atoms with Gasteiger partial charge >= 0.3 is 0 Å². The van der Waals surface area contributed by atoms with Gasteiger partial charge in [-0.05, 0) is 24.6 Å². The highest BCUT2D eigenvalue weighted by Crippen LogP contribution is 2.26. The van der Waals surface area contributed by atoms with E-state index in [1.807, 2.05) is 24.6 Å². The van der Waals surface area contributed by atoms with E-state index in [2.05, 4.69) is 21.0 Å². The van der Waals surface area contributed by atoms with Crippen LogP contribution in [0.2, 0.25) is 0 Å². The summed E-state index contributed by atoms with van der Waals surface area (Å²) in [5.41, 5.74) is 11.4. The van der Waals surface area contributed by atoms with Crippen LogP contribution in [-0.4, -0.2) is 15.0 Å². The maximum atomic E-state index is 5.62. The summed E-state index contributed by atoms with van der Waals surface area (Å²) in [5, 5.41) is 0. The van der Waals surface area contributed by atoms with Crippen molar-refractivity contribution in [2.45, 2.75) is 6.92 Å². The van der Waals surface area contributed by atoms with E-state index >= 15 is 0 Å². The van der Waals surface area contributed by atoms with Gasteiger partial charge < -0.3 is 5.73 Å². The fraction of sp³-hybridized carbons (Fsp3) is 0.0833. The summed E-state index contributed by atoms with van der Waals surface area (Å²) >= 11 is 1.63. The molecule has 0 amide bonds. The van der Waals surface area contributed by atoms with E-state index in [1.54, 1.807) is 17.5 Å². The van der Waals surface area contributed by atoms with E-state index in [4.69, 9.17) is 5.73 Å². The van der Waals surface area contributed by atoms with E-state index in [0.717, 1.165) is 22.3 Å². The van der Waals surface area contributed by atoms with Crippen LogP contribution in [0.5, 0.6) is 0 Å². The average Bonchev–Trinajstić information content (AvgIpc) is 2.79. The molecule has 2 N–H and O–H groups in total. The summed E-state index contributed by atoms with van der Waals surface area (Å²) in [6, 6.07) is 6.12. The van der Waals surface area contributed by atoms with Crippen LogP contribution < -0.4 is 5.73 Å². The highest BCUT2D eigenvalue weighted by atomic mass is 32.1. The van der Waals surface area contributed by atoms with Gasteiger partial charge in [0.25, 0.3) is 0 Å². The van der Waals surface area contributed by atoms with Crippen molar-refractivity contribution in [2.24, 2.45) is 0 Å². The highest BCUT2D eigenvalue weighted by Gasteiger charge is 2.07. The molecule has 0 bridgehead atoms. The maximum Gasteiger partial charge on any atom is 0.220 e. The van der Waals surface area contributed by atoms with Crippen LogP contribution in [0.25, 0.3) is 21.5 Å². The third-order valence-corrected chi connectivity index (χ3v) is 3.40. The van der Waals surface area contributed by atoms with Crippen LogP contribution in [0, 0.1) is 6.92 Å². The minimum absolute atomic E-state index is 0.295. The number of hydrogen-bond acceptors (Lipinski definition) is 5. The zero-order valence-electron chi connectivity index (χ0n) is 9.21. The van der Waals surface area contributed by atoms with Gasteiger partial charge in [0.15, 0.2) is 0 Å². The number of nitrogen functional groups attached to an aromatic ring is 1. The Labute approximate surface area is 102 Å². The third-order valence-electron chi connectivity index (χ3n) is 2.59. The Kier molecular flexibility index (Phi) is 2.26. The number of thiazole rings is 1. The summed E-state index contributed by atoms with van der Waals surface area (Å²) in [7, 11) is 0. The second-order valence-electron chi connectivity index (χ2n) is 3.79. The zero-order chi connectivity index (χ0) is 11.8. The maximum absolute atomic E-state index is 5.62. The first-order valence-electron chi connectivity index (χ1n) is 5.17. The summed E-state index contributed by atoms with van der Waals surface area (Å²) in [6.45, 7) is 1.97. The lowest BCUT2D eigenvalue weighted by Crippen LogP contribution is -1.98. The van der Waals surface area contributed by atoms with Crippen molar-refractivity contribution < 1.29 is 0 Å². The van der Waals surface area contributed by atoms with Gasteiger partial charge in [-0.2, -0.15) is 0 Å². The first-order valence-corrected chi connectivity index (χ1v) is 6.05. The van der Waals surface area contributed by atoms with Crippen molar-refractivity contribution in [3.05, 3.63) is 35.5 Å². The van der Waals surface area contributed by atoms with E-state index in [1.165, 1.54) is 4.70 Å². The fourth-order valence-electron chi connectivity index (χ4n) is 1.75. The molecule has 84 valence electrons. The molecule has 0 unspecified atom stereocenters. The Balaban J connectivity index is 2.22. The molecule has 2 heterocycles.